The van der Waals surface area contributed by atoms with Crippen LogP contribution in [-0.2, 0) is 44.8 Å². The van der Waals surface area contributed by atoms with Crippen LogP contribution < -0.4 is 43.8 Å². The summed E-state index contributed by atoms with van der Waals surface area (Å²) < 4.78 is 0. The van der Waals surface area contributed by atoms with Crippen molar-refractivity contribution in [3.05, 3.63) is 35.9 Å². The highest BCUT2D eigenvalue weighted by atomic mass is 16.4. The molecule has 56 heavy (non-hydrogen) atoms. The number of carbonyl (C=O) groups excluding carboxylic acids is 5. The molecule has 1 aromatic carbocycles. The number of carbonyl (C=O) groups is 8. The molecule has 0 saturated heterocycles. The summed E-state index contributed by atoms with van der Waals surface area (Å²) in [5.41, 5.74) is 17.3. The van der Waals surface area contributed by atoms with Gasteiger partial charge in [0.25, 0.3) is 0 Å². The van der Waals surface area contributed by atoms with Crippen LogP contribution in [0.15, 0.2) is 35.3 Å². The summed E-state index contributed by atoms with van der Waals surface area (Å²) in [4.78, 5) is 106. The second-order valence-corrected chi connectivity index (χ2v) is 14.1. The van der Waals surface area contributed by atoms with Gasteiger partial charge in [0.15, 0.2) is 5.96 Å². The molecule has 20 nitrogen and oxygen atoms in total. The summed E-state index contributed by atoms with van der Waals surface area (Å²) in [6.07, 6.45) is -1.51. The maximum atomic E-state index is 13.8. The van der Waals surface area contributed by atoms with E-state index in [0.717, 1.165) is 0 Å². The van der Waals surface area contributed by atoms with Gasteiger partial charge >= 0.3 is 17.9 Å². The Labute approximate surface area is 325 Å². The quantitative estimate of drug-likeness (QED) is 0.0291. The summed E-state index contributed by atoms with van der Waals surface area (Å²) in [6.45, 7) is 6.78. The lowest BCUT2D eigenvalue weighted by Crippen LogP contribution is -2.60. The van der Waals surface area contributed by atoms with Gasteiger partial charge in [-0.2, -0.15) is 0 Å². The second kappa shape index (κ2) is 24.6. The van der Waals surface area contributed by atoms with Crippen molar-refractivity contribution in [1.29, 1.82) is 0 Å². The molecule has 1 rings (SSSR count). The monoisotopic (exact) mass is 791 g/mol. The third-order valence-corrected chi connectivity index (χ3v) is 8.35. The number of rotatable bonds is 26. The topological polar surface area (TPSA) is 348 Å². The number of nitrogens with zero attached hydrogens (tertiary/aromatic N) is 1. The standard InChI is InChI=1S/C36H57N9O11/c1-19(2)17-25(33(53)44-26(35(55)56)18-21-9-6-5-7-10-21)43-31(51)23(11-8-16-40-36(38)39)41-32(52)24(13-15-28(48)49)42-34(54)29(20(3)4)45-30(50)22(37)12-14-27(46)47/h5-7,9-10,19-20,22-26,29H,8,11-18,37H2,1-4H3,(H,41,52)(H,42,54)(H,43,51)(H,44,53)(H,45,50)(H,46,47)(H,48,49)(H,55,56)(H4,38,39,40)/t22-,23-,24-,25-,26-,29-/m0/s1. The molecule has 1 aromatic rings. The molecule has 0 aliphatic rings. The summed E-state index contributed by atoms with van der Waals surface area (Å²) in [5, 5.41) is 40.6. The Morgan fingerprint density at radius 2 is 1.14 bits per heavy atom. The lowest BCUT2D eigenvalue weighted by Gasteiger charge is -2.28. The number of aliphatic carboxylic acids is 3. The number of nitrogens with one attached hydrogen (secondary N) is 5. The van der Waals surface area contributed by atoms with Crippen LogP contribution in [0, 0.1) is 11.8 Å². The Morgan fingerprint density at radius 1 is 0.643 bits per heavy atom. The van der Waals surface area contributed by atoms with Crippen molar-refractivity contribution in [2.24, 2.45) is 34.0 Å². The van der Waals surface area contributed by atoms with E-state index in [1.54, 1.807) is 58.0 Å². The molecular formula is C36H57N9O11. The minimum absolute atomic E-state index is 0.0317. The lowest BCUT2D eigenvalue weighted by atomic mass is 10.00. The molecule has 0 saturated carbocycles. The molecule has 6 atom stereocenters. The first kappa shape index (κ1) is 48.2. The molecular weight excluding hydrogens is 734 g/mol. The molecule has 0 unspecified atom stereocenters. The maximum Gasteiger partial charge on any atom is 0.326 e. The van der Waals surface area contributed by atoms with Crippen molar-refractivity contribution < 1.29 is 53.7 Å². The zero-order valence-corrected chi connectivity index (χ0v) is 32.2. The third kappa shape index (κ3) is 19.0. The zero-order chi connectivity index (χ0) is 42.5. The Bertz CT molecular complexity index is 1540. The van der Waals surface area contributed by atoms with E-state index in [4.69, 9.17) is 22.3 Å². The van der Waals surface area contributed by atoms with Crippen LogP contribution in [0.4, 0.5) is 0 Å². The minimum atomic E-state index is -1.53. The average molecular weight is 792 g/mol. The molecule has 0 aliphatic heterocycles. The number of carboxylic acid groups (broad SMARTS) is 3. The first-order valence-corrected chi connectivity index (χ1v) is 18.2. The van der Waals surface area contributed by atoms with Gasteiger partial charge in [0.1, 0.15) is 30.2 Å². The average Bonchev–Trinajstić information content (AvgIpc) is 3.11. The second-order valence-electron chi connectivity index (χ2n) is 14.1. The molecule has 0 aliphatic carbocycles. The van der Waals surface area contributed by atoms with Gasteiger partial charge in [-0.15, -0.1) is 0 Å². The molecule has 5 amide bonds. The maximum absolute atomic E-state index is 13.8. The van der Waals surface area contributed by atoms with Crippen molar-refractivity contribution in [2.75, 3.05) is 6.54 Å². The largest absolute Gasteiger partial charge is 0.481 e. The van der Waals surface area contributed by atoms with Crippen molar-refractivity contribution >= 4 is 53.4 Å². The number of aliphatic imine (C=N–C) groups is 1. The highest BCUT2D eigenvalue weighted by Gasteiger charge is 2.34. The molecule has 0 bridgehead atoms. The molecule has 0 heterocycles. The van der Waals surface area contributed by atoms with E-state index in [-0.39, 0.29) is 50.5 Å². The fourth-order valence-electron chi connectivity index (χ4n) is 5.35. The molecule has 0 fully saturated rings. The van der Waals surface area contributed by atoms with Crippen LogP contribution in [0.5, 0.6) is 0 Å². The van der Waals surface area contributed by atoms with Gasteiger partial charge in [0.05, 0.1) is 6.04 Å². The van der Waals surface area contributed by atoms with E-state index in [1.807, 2.05) is 0 Å². The Kier molecular flexibility index (Phi) is 21.2. The molecule has 312 valence electrons. The normalized spacial score (nSPS) is 14.2. The lowest BCUT2D eigenvalue weighted by molar-refractivity contribution is -0.142. The van der Waals surface area contributed by atoms with E-state index in [9.17, 15) is 48.6 Å². The van der Waals surface area contributed by atoms with Gasteiger partial charge in [-0.1, -0.05) is 58.0 Å². The van der Waals surface area contributed by atoms with Crippen LogP contribution in [0.1, 0.15) is 78.2 Å². The van der Waals surface area contributed by atoms with E-state index in [2.05, 4.69) is 31.6 Å². The predicted octanol–water partition coefficient (Wildman–Crippen LogP) is -1.45. The summed E-state index contributed by atoms with van der Waals surface area (Å²) in [5.74, 6) is -9.00. The van der Waals surface area contributed by atoms with Gasteiger partial charge < -0.3 is 59.1 Å². The van der Waals surface area contributed by atoms with Crippen LogP contribution in [-0.4, -0.2) is 112 Å². The number of hydrogen-bond acceptors (Lipinski definition) is 10. The first-order chi connectivity index (χ1) is 26.2. The summed E-state index contributed by atoms with van der Waals surface area (Å²) in [7, 11) is 0. The summed E-state index contributed by atoms with van der Waals surface area (Å²) >= 11 is 0. The van der Waals surface area contributed by atoms with E-state index in [0.29, 0.717) is 5.56 Å². The number of amides is 5. The van der Waals surface area contributed by atoms with Crippen LogP contribution in [0.25, 0.3) is 0 Å². The van der Waals surface area contributed by atoms with Crippen molar-refractivity contribution in [3.63, 3.8) is 0 Å². The van der Waals surface area contributed by atoms with E-state index < -0.39 is 109 Å². The number of hydrogen-bond donors (Lipinski definition) is 11. The van der Waals surface area contributed by atoms with Gasteiger partial charge in [0.2, 0.25) is 29.5 Å². The van der Waals surface area contributed by atoms with Gasteiger partial charge in [0, 0.05) is 25.8 Å². The number of benzene rings is 1. The van der Waals surface area contributed by atoms with E-state index >= 15 is 0 Å². The molecule has 14 N–H and O–H groups in total. The number of guanidine groups is 1. The Balaban J connectivity index is 3.34. The molecule has 0 spiro atoms. The fourth-order valence-corrected chi connectivity index (χ4v) is 5.35. The van der Waals surface area contributed by atoms with Crippen LogP contribution >= 0.6 is 0 Å². The highest BCUT2D eigenvalue weighted by Crippen LogP contribution is 2.11. The number of carboxylic acids is 3. The fraction of sp³-hybridized carbons (Fsp3) is 0.583. The van der Waals surface area contributed by atoms with Gasteiger partial charge in [-0.25, -0.2) is 4.79 Å². The Hall–Kier alpha value is -5.79. The van der Waals surface area contributed by atoms with E-state index in [1.165, 1.54) is 0 Å². The Morgan fingerprint density at radius 3 is 1.66 bits per heavy atom. The van der Waals surface area contributed by atoms with Crippen molar-refractivity contribution in [2.45, 2.75) is 115 Å². The summed E-state index contributed by atoms with van der Waals surface area (Å²) in [6, 6.07) is 0.603. The molecule has 0 radical (unpaired) electrons. The third-order valence-electron chi connectivity index (χ3n) is 8.35. The molecule has 0 aromatic heterocycles. The first-order valence-electron chi connectivity index (χ1n) is 18.2. The highest BCUT2D eigenvalue weighted by molar-refractivity contribution is 5.96. The SMILES string of the molecule is CC(C)C[C@H](NC(=O)[C@H](CCCN=C(N)N)NC(=O)[C@H](CCC(=O)O)NC(=O)[C@@H](NC(=O)[C@@H](N)CCC(=O)O)C(C)C)C(=O)N[C@@H](Cc1ccccc1)C(=O)O. The molecule has 20 heteroatoms. The van der Waals surface area contributed by atoms with Crippen molar-refractivity contribution in [3.8, 4) is 0 Å². The van der Waals surface area contributed by atoms with Crippen LogP contribution in [0.3, 0.4) is 0 Å². The minimum Gasteiger partial charge on any atom is -0.481 e. The number of nitrogens with two attached hydrogens (primary N) is 3. The van der Waals surface area contributed by atoms with Gasteiger partial charge in [-0.05, 0) is 49.5 Å². The van der Waals surface area contributed by atoms with Gasteiger partial charge in [-0.3, -0.25) is 38.6 Å². The zero-order valence-electron chi connectivity index (χ0n) is 32.2. The van der Waals surface area contributed by atoms with Crippen LogP contribution in [0.2, 0.25) is 0 Å². The predicted molar refractivity (Wildman–Crippen MR) is 203 cm³/mol. The smallest absolute Gasteiger partial charge is 0.326 e. The van der Waals surface area contributed by atoms with Crippen molar-refractivity contribution in [1.82, 2.24) is 26.6 Å².